The van der Waals surface area contributed by atoms with Gasteiger partial charge in [0.2, 0.25) is 0 Å². The molecule has 7 nitrogen and oxygen atoms in total. The van der Waals surface area contributed by atoms with Crippen molar-refractivity contribution in [2.75, 3.05) is 18.0 Å². The van der Waals surface area contributed by atoms with Crippen molar-refractivity contribution in [2.24, 2.45) is 0 Å². The molecular weight excluding hydrogens is 421 g/mol. The van der Waals surface area contributed by atoms with E-state index in [1.54, 1.807) is 16.5 Å². The first-order chi connectivity index (χ1) is 14.2. The number of aromatic nitrogens is 2. The van der Waals surface area contributed by atoms with E-state index in [4.69, 9.17) is 4.42 Å². The molecule has 11 heteroatoms. The number of hydrogen-bond acceptors (Lipinski definition) is 8. The second kappa shape index (κ2) is 6.91. The molecule has 0 amide bonds. The molecule has 2 bridgehead atoms. The lowest BCUT2D eigenvalue weighted by molar-refractivity contribution is -0.138. The van der Waals surface area contributed by atoms with Crippen LogP contribution in [-0.4, -0.2) is 50.5 Å². The van der Waals surface area contributed by atoms with Gasteiger partial charge in [-0.3, -0.25) is 0 Å². The molecule has 0 radical (unpaired) electrons. The van der Waals surface area contributed by atoms with Crippen LogP contribution in [0, 0.1) is 0 Å². The van der Waals surface area contributed by atoms with Crippen LogP contribution in [0.15, 0.2) is 22.1 Å². The summed E-state index contributed by atoms with van der Waals surface area (Å²) in [5, 5.41) is 23.7. The molecule has 2 aliphatic rings. The van der Waals surface area contributed by atoms with Crippen LogP contribution in [0.25, 0.3) is 21.7 Å². The van der Waals surface area contributed by atoms with Gasteiger partial charge in [-0.25, -0.2) is 4.98 Å². The maximum absolute atomic E-state index is 14.0. The standard InChI is InChI=1S/C19H19F3N4O3S/c1-9(27)12-6-13(17-23-4-5-30-17)16-15(14(12)19(20,21)22)24-18(29-16)25-7-10-2-3-11(8-25)26(10)28/h4-6,9-11,27-28H,2-3,7-8H2,1H3. The van der Waals surface area contributed by atoms with Gasteiger partial charge in [-0.2, -0.15) is 23.2 Å². The van der Waals surface area contributed by atoms with Crippen molar-refractivity contribution < 1.29 is 27.9 Å². The maximum Gasteiger partial charge on any atom is 0.418 e. The van der Waals surface area contributed by atoms with Gasteiger partial charge in [0, 0.05) is 24.7 Å². The molecule has 2 saturated heterocycles. The lowest BCUT2D eigenvalue weighted by atomic mass is 9.98. The monoisotopic (exact) mass is 440 g/mol. The molecule has 0 spiro atoms. The number of halogens is 3. The zero-order valence-electron chi connectivity index (χ0n) is 15.9. The van der Waals surface area contributed by atoms with Gasteiger partial charge in [0.1, 0.15) is 10.5 Å². The number of benzene rings is 1. The first-order valence-electron chi connectivity index (χ1n) is 9.58. The number of fused-ring (bicyclic) bond motifs is 3. The minimum atomic E-state index is -4.72. The van der Waals surface area contributed by atoms with E-state index in [1.807, 2.05) is 0 Å². The van der Waals surface area contributed by atoms with Gasteiger partial charge in [0.25, 0.3) is 6.01 Å². The molecule has 4 heterocycles. The Kier molecular flexibility index (Phi) is 4.54. The van der Waals surface area contributed by atoms with E-state index in [-0.39, 0.29) is 34.8 Å². The number of aliphatic hydroxyl groups is 1. The highest BCUT2D eigenvalue weighted by Crippen LogP contribution is 2.45. The Balaban J connectivity index is 1.72. The largest absolute Gasteiger partial charge is 0.423 e. The summed E-state index contributed by atoms with van der Waals surface area (Å²) in [6, 6.07) is 1.17. The molecular formula is C19H19F3N4O3S. The molecule has 2 aromatic heterocycles. The fourth-order valence-corrected chi connectivity index (χ4v) is 5.06. The predicted molar refractivity (Wildman–Crippen MR) is 103 cm³/mol. The third-order valence-electron chi connectivity index (χ3n) is 5.80. The first kappa shape index (κ1) is 19.7. The summed E-state index contributed by atoms with van der Waals surface area (Å²) in [4.78, 5) is 10.2. The van der Waals surface area contributed by atoms with Crippen molar-refractivity contribution in [1.29, 1.82) is 0 Å². The fourth-order valence-electron chi connectivity index (χ4n) is 4.41. The van der Waals surface area contributed by atoms with Crippen LogP contribution < -0.4 is 4.90 Å². The first-order valence-corrected chi connectivity index (χ1v) is 10.5. The van der Waals surface area contributed by atoms with E-state index in [2.05, 4.69) is 9.97 Å². The summed E-state index contributed by atoms with van der Waals surface area (Å²) >= 11 is 1.27. The number of anilines is 1. The predicted octanol–water partition coefficient (Wildman–Crippen LogP) is 4.07. The van der Waals surface area contributed by atoms with Crippen LogP contribution in [0.4, 0.5) is 19.2 Å². The van der Waals surface area contributed by atoms with Crippen molar-refractivity contribution in [2.45, 2.75) is 44.1 Å². The molecule has 3 atom stereocenters. The molecule has 3 aromatic rings. The fraction of sp³-hybridized carbons (Fsp3) is 0.474. The third kappa shape index (κ3) is 3.08. The number of aliphatic hydroxyl groups excluding tert-OH is 1. The number of alkyl halides is 3. The minimum absolute atomic E-state index is 0.00421. The van der Waals surface area contributed by atoms with Crippen molar-refractivity contribution >= 4 is 28.5 Å². The quantitative estimate of drug-likeness (QED) is 0.635. The molecule has 3 unspecified atom stereocenters. The number of hydrogen-bond donors (Lipinski definition) is 2. The van der Waals surface area contributed by atoms with Crippen LogP contribution in [0.1, 0.15) is 37.0 Å². The lowest BCUT2D eigenvalue weighted by Crippen LogP contribution is -2.52. The van der Waals surface area contributed by atoms with Crippen LogP contribution in [-0.2, 0) is 6.18 Å². The van der Waals surface area contributed by atoms with Crippen molar-refractivity contribution in [3.05, 3.63) is 28.8 Å². The molecule has 2 N–H and O–H groups in total. The van der Waals surface area contributed by atoms with E-state index >= 15 is 0 Å². The number of thiazole rings is 1. The van der Waals surface area contributed by atoms with E-state index in [0.29, 0.717) is 23.7 Å². The molecule has 30 heavy (non-hydrogen) atoms. The summed E-state index contributed by atoms with van der Waals surface area (Å²) in [6.07, 6.45) is -2.90. The van der Waals surface area contributed by atoms with Gasteiger partial charge >= 0.3 is 6.18 Å². The average molecular weight is 440 g/mol. The van der Waals surface area contributed by atoms with E-state index in [9.17, 15) is 23.5 Å². The second-order valence-corrected chi connectivity index (χ2v) is 8.64. The average Bonchev–Trinajstić information content (AvgIpc) is 3.38. The highest BCUT2D eigenvalue weighted by atomic mass is 32.1. The Morgan fingerprint density at radius 2 is 1.97 bits per heavy atom. The van der Waals surface area contributed by atoms with Crippen LogP contribution >= 0.6 is 11.3 Å². The lowest BCUT2D eigenvalue weighted by Gasteiger charge is -2.36. The summed E-state index contributed by atoms with van der Waals surface area (Å²) in [5.74, 6) is 0. The van der Waals surface area contributed by atoms with Gasteiger partial charge in [0.15, 0.2) is 5.58 Å². The molecule has 1 aromatic carbocycles. The van der Waals surface area contributed by atoms with Crippen molar-refractivity contribution in [1.82, 2.24) is 15.0 Å². The Morgan fingerprint density at radius 3 is 2.53 bits per heavy atom. The minimum Gasteiger partial charge on any atom is -0.423 e. The Hall–Kier alpha value is -2.21. The molecule has 160 valence electrons. The number of oxazole rings is 1. The highest BCUT2D eigenvalue weighted by molar-refractivity contribution is 7.13. The van der Waals surface area contributed by atoms with Gasteiger partial charge in [0.05, 0.1) is 29.3 Å². The summed E-state index contributed by atoms with van der Waals surface area (Å²) in [7, 11) is 0. The van der Waals surface area contributed by atoms with Gasteiger partial charge in [-0.05, 0) is 31.4 Å². The van der Waals surface area contributed by atoms with E-state index in [0.717, 1.165) is 12.8 Å². The number of nitrogens with zero attached hydrogens (tertiary/aromatic N) is 4. The number of hydroxylamine groups is 2. The van der Waals surface area contributed by atoms with Crippen LogP contribution in [0.3, 0.4) is 0 Å². The topological polar surface area (TPSA) is 85.9 Å². The SMILES string of the molecule is CC(O)c1cc(-c2nccs2)c2oc(N3CC4CCC(C3)N4O)nc2c1C(F)(F)F. The third-order valence-corrected chi connectivity index (χ3v) is 6.60. The Morgan fingerprint density at radius 1 is 1.27 bits per heavy atom. The summed E-state index contributed by atoms with van der Waals surface area (Å²) < 4.78 is 47.9. The van der Waals surface area contributed by atoms with Gasteiger partial charge in [-0.1, -0.05) is 0 Å². The van der Waals surface area contributed by atoms with Gasteiger partial charge < -0.3 is 19.6 Å². The number of rotatable bonds is 3. The highest BCUT2D eigenvalue weighted by Gasteiger charge is 2.43. The second-order valence-electron chi connectivity index (χ2n) is 7.74. The van der Waals surface area contributed by atoms with E-state index < -0.39 is 17.8 Å². The van der Waals surface area contributed by atoms with Crippen molar-refractivity contribution in [3.8, 4) is 10.6 Å². The smallest absolute Gasteiger partial charge is 0.418 e. The van der Waals surface area contributed by atoms with Gasteiger partial charge in [-0.15, -0.1) is 11.3 Å². The number of piperazine rings is 1. The Bertz CT molecular complexity index is 1070. The maximum atomic E-state index is 14.0. The molecule has 2 aliphatic heterocycles. The van der Waals surface area contributed by atoms with Crippen LogP contribution in [0.5, 0.6) is 0 Å². The normalized spacial score (nSPS) is 23.5. The van der Waals surface area contributed by atoms with E-state index in [1.165, 1.54) is 29.4 Å². The zero-order chi connectivity index (χ0) is 21.2. The van der Waals surface area contributed by atoms with Crippen molar-refractivity contribution in [3.63, 3.8) is 0 Å². The summed E-state index contributed by atoms with van der Waals surface area (Å²) in [5.41, 5.74) is -1.23. The Labute approximate surface area is 173 Å². The molecule has 5 rings (SSSR count). The van der Waals surface area contributed by atoms with Crippen LogP contribution in [0.2, 0.25) is 0 Å². The zero-order valence-corrected chi connectivity index (χ0v) is 16.7. The molecule has 2 fully saturated rings. The summed E-state index contributed by atoms with van der Waals surface area (Å²) in [6.45, 7) is 2.12. The molecule has 0 saturated carbocycles. The molecule has 0 aliphatic carbocycles.